The highest BCUT2D eigenvalue weighted by atomic mass is 79.9. The number of halogens is 1. The van der Waals surface area contributed by atoms with Crippen LogP contribution in [0.15, 0.2) is 22.7 Å². The van der Waals surface area contributed by atoms with Crippen molar-refractivity contribution in [2.75, 3.05) is 0 Å². The van der Waals surface area contributed by atoms with E-state index in [4.69, 9.17) is 4.74 Å². The normalized spacial score (nSPS) is 12.5. The molecule has 0 spiro atoms. The maximum Gasteiger partial charge on any atom is 0.131 e. The smallest absolute Gasteiger partial charge is 0.131 e. The van der Waals surface area contributed by atoms with Crippen LogP contribution in [0.5, 0.6) is 5.75 Å². The quantitative estimate of drug-likeness (QED) is 0.928. The molecule has 1 N–H and O–H groups in total. The van der Waals surface area contributed by atoms with Crippen molar-refractivity contribution < 1.29 is 9.84 Å². The first-order valence-electron chi connectivity index (χ1n) is 6.49. The molecule has 0 bridgehead atoms. The monoisotopic (exact) mass is 338 g/mol. The predicted molar refractivity (Wildman–Crippen MR) is 81.8 cm³/mol. The first-order chi connectivity index (χ1) is 9.40. The fraction of sp³-hybridized carbons (Fsp3) is 0.400. The molecule has 1 aromatic heterocycles. The molecule has 1 heterocycles. The molecule has 2 aromatic rings. The molecule has 5 heteroatoms. The maximum atomic E-state index is 9.83. The van der Waals surface area contributed by atoms with Gasteiger partial charge in [0.15, 0.2) is 0 Å². The number of aliphatic hydroxyl groups is 1. The van der Waals surface area contributed by atoms with Crippen LogP contribution in [0.2, 0.25) is 0 Å². The van der Waals surface area contributed by atoms with Gasteiger partial charge in [-0.05, 0) is 48.8 Å². The van der Waals surface area contributed by atoms with E-state index in [1.165, 1.54) is 0 Å². The van der Waals surface area contributed by atoms with Crippen LogP contribution in [0.4, 0.5) is 0 Å². The van der Waals surface area contributed by atoms with Gasteiger partial charge in [-0.25, -0.2) is 0 Å². The molecule has 108 valence electrons. The van der Waals surface area contributed by atoms with E-state index in [1.807, 2.05) is 39.1 Å². The van der Waals surface area contributed by atoms with E-state index < -0.39 is 6.10 Å². The van der Waals surface area contributed by atoms with Crippen molar-refractivity contribution in [3.05, 3.63) is 45.2 Å². The maximum absolute atomic E-state index is 9.83. The zero-order valence-electron chi connectivity index (χ0n) is 12.1. The molecule has 2 rings (SSSR count). The predicted octanol–water partition coefficient (Wildman–Crippen LogP) is 3.43. The van der Waals surface area contributed by atoms with E-state index in [-0.39, 0.29) is 0 Å². The van der Waals surface area contributed by atoms with Crippen LogP contribution in [-0.4, -0.2) is 14.9 Å². The lowest BCUT2D eigenvalue weighted by atomic mass is 10.1. The summed E-state index contributed by atoms with van der Waals surface area (Å²) in [7, 11) is 1.89. The number of aromatic nitrogens is 2. The molecular weight excluding hydrogens is 320 g/mol. The van der Waals surface area contributed by atoms with Gasteiger partial charge in [-0.1, -0.05) is 11.6 Å². The third-order valence-electron chi connectivity index (χ3n) is 3.24. The molecule has 0 aliphatic carbocycles. The number of aryl methyl sites for hydroxylation is 3. The summed E-state index contributed by atoms with van der Waals surface area (Å²) >= 11 is 3.52. The number of aliphatic hydroxyl groups excluding tert-OH is 1. The number of hydrogen-bond acceptors (Lipinski definition) is 3. The first-order valence-corrected chi connectivity index (χ1v) is 7.29. The van der Waals surface area contributed by atoms with Crippen molar-refractivity contribution in [2.45, 2.75) is 33.5 Å². The van der Waals surface area contributed by atoms with E-state index in [1.54, 1.807) is 11.6 Å². The minimum absolute atomic E-state index is 0.403. The fourth-order valence-electron chi connectivity index (χ4n) is 2.11. The van der Waals surface area contributed by atoms with Crippen LogP contribution in [0.25, 0.3) is 0 Å². The summed E-state index contributed by atoms with van der Waals surface area (Å²) < 4.78 is 8.63. The molecule has 20 heavy (non-hydrogen) atoms. The Labute approximate surface area is 127 Å². The van der Waals surface area contributed by atoms with Gasteiger partial charge in [-0.2, -0.15) is 5.10 Å². The molecule has 0 aliphatic heterocycles. The molecule has 1 atom stereocenters. The third kappa shape index (κ3) is 3.04. The van der Waals surface area contributed by atoms with E-state index in [9.17, 15) is 5.11 Å². The second-order valence-electron chi connectivity index (χ2n) is 4.98. The first kappa shape index (κ1) is 15.1. The van der Waals surface area contributed by atoms with Gasteiger partial charge in [0.1, 0.15) is 12.4 Å². The van der Waals surface area contributed by atoms with Gasteiger partial charge in [0.25, 0.3) is 0 Å². The Kier molecular flexibility index (Phi) is 4.50. The van der Waals surface area contributed by atoms with E-state index in [0.717, 1.165) is 27.0 Å². The van der Waals surface area contributed by atoms with Crippen LogP contribution in [-0.2, 0) is 13.7 Å². The Morgan fingerprint density at radius 1 is 1.40 bits per heavy atom. The lowest BCUT2D eigenvalue weighted by Gasteiger charge is -2.14. The van der Waals surface area contributed by atoms with E-state index in [2.05, 4.69) is 21.0 Å². The zero-order chi connectivity index (χ0) is 14.9. The fourth-order valence-corrected chi connectivity index (χ4v) is 2.56. The van der Waals surface area contributed by atoms with Crippen molar-refractivity contribution in [1.29, 1.82) is 0 Å². The van der Waals surface area contributed by atoms with Gasteiger partial charge < -0.3 is 9.84 Å². The minimum Gasteiger partial charge on any atom is -0.487 e. The van der Waals surface area contributed by atoms with Gasteiger partial charge in [0.05, 0.1) is 22.0 Å². The molecule has 0 saturated heterocycles. The van der Waals surface area contributed by atoms with E-state index in [0.29, 0.717) is 12.4 Å². The lowest BCUT2D eigenvalue weighted by Crippen LogP contribution is -2.06. The van der Waals surface area contributed by atoms with Crippen molar-refractivity contribution in [2.24, 2.45) is 7.05 Å². The highest BCUT2D eigenvalue weighted by Crippen LogP contribution is 2.28. The van der Waals surface area contributed by atoms with Gasteiger partial charge >= 0.3 is 0 Å². The Morgan fingerprint density at radius 2 is 2.10 bits per heavy atom. The average Bonchev–Trinajstić information content (AvgIpc) is 2.62. The Hall–Kier alpha value is -1.33. The van der Waals surface area contributed by atoms with Crippen LogP contribution in [0, 0.1) is 13.8 Å². The molecule has 4 nitrogen and oxygen atoms in total. The van der Waals surface area contributed by atoms with Crippen LogP contribution in [0.3, 0.4) is 0 Å². The number of ether oxygens (including phenoxy) is 1. The Balaban J connectivity index is 2.23. The van der Waals surface area contributed by atoms with Crippen LogP contribution >= 0.6 is 15.9 Å². The molecule has 0 aliphatic rings. The Bertz CT molecular complexity index is 621. The number of rotatable bonds is 4. The average molecular weight is 339 g/mol. The number of benzene rings is 1. The van der Waals surface area contributed by atoms with Crippen LogP contribution in [0.1, 0.15) is 35.5 Å². The van der Waals surface area contributed by atoms with Gasteiger partial charge in [0, 0.05) is 12.6 Å². The summed E-state index contributed by atoms with van der Waals surface area (Å²) in [5, 5.41) is 14.2. The molecule has 0 amide bonds. The summed E-state index contributed by atoms with van der Waals surface area (Å²) in [5.41, 5.74) is 3.82. The standard InChI is InChI=1S/C15H19BrN2O2/c1-9-5-6-14(12(7-9)11(3)19)20-8-13-15(16)10(2)17-18(13)4/h5-7,11,19H,8H2,1-4H3/t11-/m0/s1. The molecular formula is C15H19BrN2O2. The van der Waals surface area contributed by atoms with Crippen molar-refractivity contribution >= 4 is 15.9 Å². The lowest BCUT2D eigenvalue weighted by molar-refractivity contribution is 0.189. The number of nitrogens with zero attached hydrogens (tertiary/aromatic N) is 2. The Morgan fingerprint density at radius 3 is 2.65 bits per heavy atom. The summed E-state index contributed by atoms with van der Waals surface area (Å²) in [4.78, 5) is 0. The molecule has 1 aromatic carbocycles. The van der Waals surface area contributed by atoms with E-state index >= 15 is 0 Å². The highest BCUT2D eigenvalue weighted by molar-refractivity contribution is 9.10. The second kappa shape index (κ2) is 5.97. The summed E-state index contributed by atoms with van der Waals surface area (Å²) in [5.74, 6) is 0.705. The highest BCUT2D eigenvalue weighted by Gasteiger charge is 2.14. The van der Waals surface area contributed by atoms with Crippen molar-refractivity contribution in [3.8, 4) is 5.75 Å². The van der Waals surface area contributed by atoms with Crippen molar-refractivity contribution in [3.63, 3.8) is 0 Å². The third-order valence-corrected chi connectivity index (χ3v) is 4.27. The number of hydrogen-bond donors (Lipinski definition) is 1. The topological polar surface area (TPSA) is 47.3 Å². The zero-order valence-corrected chi connectivity index (χ0v) is 13.7. The van der Waals surface area contributed by atoms with Crippen molar-refractivity contribution in [1.82, 2.24) is 9.78 Å². The largest absolute Gasteiger partial charge is 0.487 e. The molecule has 0 saturated carbocycles. The molecule has 0 radical (unpaired) electrons. The summed E-state index contributed by atoms with van der Waals surface area (Å²) in [6, 6.07) is 5.82. The SMILES string of the molecule is Cc1ccc(OCc2c(Br)c(C)nn2C)c([C@H](C)O)c1. The minimum atomic E-state index is -0.554. The second-order valence-corrected chi connectivity index (χ2v) is 5.77. The van der Waals surface area contributed by atoms with Crippen LogP contribution < -0.4 is 4.74 Å². The van der Waals surface area contributed by atoms with Gasteiger partial charge in [-0.15, -0.1) is 0 Å². The van der Waals surface area contributed by atoms with Gasteiger partial charge in [0.2, 0.25) is 0 Å². The summed E-state index contributed by atoms with van der Waals surface area (Å²) in [6.07, 6.45) is -0.554. The molecule has 0 fully saturated rings. The van der Waals surface area contributed by atoms with Gasteiger partial charge in [-0.3, -0.25) is 4.68 Å². The summed E-state index contributed by atoms with van der Waals surface area (Å²) in [6.45, 7) is 6.09. The molecule has 0 unspecified atom stereocenters.